The summed E-state index contributed by atoms with van der Waals surface area (Å²) in [6.07, 6.45) is -3.93. The van der Waals surface area contributed by atoms with E-state index in [4.69, 9.17) is 5.73 Å². The molecule has 0 spiro atoms. The third-order valence-electron chi connectivity index (χ3n) is 3.82. The van der Waals surface area contributed by atoms with E-state index in [2.05, 4.69) is 5.32 Å². The van der Waals surface area contributed by atoms with Crippen LogP contribution in [0.4, 0.5) is 18.9 Å². The SMILES string of the molecule is NC1CC(c2ccccc2C(F)(F)F)Nc2ccccc21. The van der Waals surface area contributed by atoms with Crippen molar-refractivity contribution in [1.82, 2.24) is 0 Å². The van der Waals surface area contributed by atoms with Gasteiger partial charge >= 0.3 is 6.18 Å². The fourth-order valence-corrected chi connectivity index (χ4v) is 2.84. The number of hydrogen-bond acceptors (Lipinski definition) is 2. The predicted molar refractivity (Wildman–Crippen MR) is 75.8 cm³/mol. The van der Waals surface area contributed by atoms with Crippen LogP contribution in [0, 0.1) is 0 Å². The van der Waals surface area contributed by atoms with Gasteiger partial charge in [0.25, 0.3) is 0 Å². The van der Waals surface area contributed by atoms with Crippen LogP contribution >= 0.6 is 0 Å². The smallest absolute Gasteiger partial charge is 0.378 e. The van der Waals surface area contributed by atoms with Crippen LogP contribution in [-0.4, -0.2) is 0 Å². The van der Waals surface area contributed by atoms with Crippen molar-refractivity contribution >= 4 is 5.69 Å². The number of nitrogens with two attached hydrogens (primary N) is 1. The molecule has 2 nitrogen and oxygen atoms in total. The highest BCUT2D eigenvalue weighted by Crippen LogP contribution is 2.41. The normalized spacial score (nSPS) is 21.5. The summed E-state index contributed by atoms with van der Waals surface area (Å²) in [5.41, 5.74) is 7.50. The topological polar surface area (TPSA) is 38.0 Å². The average Bonchev–Trinajstić information content (AvgIpc) is 2.46. The number of anilines is 1. The molecule has 21 heavy (non-hydrogen) atoms. The molecule has 5 heteroatoms. The Hall–Kier alpha value is -2.01. The first-order valence-electron chi connectivity index (χ1n) is 6.74. The lowest BCUT2D eigenvalue weighted by Crippen LogP contribution is -2.27. The fraction of sp³-hybridized carbons (Fsp3) is 0.250. The monoisotopic (exact) mass is 292 g/mol. The molecule has 1 aliphatic heterocycles. The van der Waals surface area contributed by atoms with E-state index in [0.717, 1.165) is 17.3 Å². The first-order chi connectivity index (χ1) is 9.97. The fourth-order valence-electron chi connectivity index (χ4n) is 2.84. The number of para-hydroxylation sites is 1. The molecule has 2 atom stereocenters. The van der Waals surface area contributed by atoms with Crippen LogP contribution in [0.5, 0.6) is 0 Å². The van der Waals surface area contributed by atoms with Gasteiger partial charge in [0.2, 0.25) is 0 Å². The van der Waals surface area contributed by atoms with Gasteiger partial charge in [-0.1, -0.05) is 36.4 Å². The summed E-state index contributed by atoms with van der Waals surface area (Å²) < 4.78 is 39.4. The van der Waals surface area contributed by atoms with Gasteiger partial charge in [-0.25, -0.2) is 0 Å². The Labute approximate surface area is 120 Å². The molecular weight excluding hydrogens is 277 g/mol. The number of alkyl halides is 3. The molecule has 3 rings (SSSR count). The minimum Gasteiger partial charge on any atom is -0.378 e. The highest BCUT2D eigenvalue weighted by molar-refractivity contribution is 5.57. The van der Waals surface area contributed by atoms with E-state index in [-0.39, 0.29) is 11.6 Å². The summed E-state index contributed by atoms with van der Waals surface area (Å²) in [5.74, 6) is 0. The maximum atomic E-state index is 13.1. The van der Waals surface area contributed by atoms with Crippen molar-refractivity contribution in [3.05, 3.63) is 65.2 Å². The molecular formula is C16H15F3N2. The molecule has 110 valence electrons. The second-order valence-electron chi connectivity index (χ2n) is 5.21. The summed E-state index contributed by atoms with van der Waals surface area (Å²) in [5, 5.41) is 3.18. The van der Waals surface area contributed by atoms with E-state index in [9.17, 15) is 13.2 Å². The maximum Gasteiger partial charge on any atom is 0.416 e. The van der Waals surface area contributed by atoms with Crippen molar-refractivity contribution in [2.24, 2.45) is 5.73 Å². The molecule has 2 aromatic carbocycles. The van der Waals surface area contributed by atoms with Crippen LogP contribution in [0.1, 0.15) is 35.2 Å². The molecule has 0 amide bonds. The van der Waals surface area contributed by atoms with E-state index in [0.29, 0.717) is 6.42 Å². The third kappa shape index (κ3) is 2.61. The zero-order chi connectivity index (χ0) is 15.0. The molecule has 0 radical (unpaired) electrons. The largest absolute Gasteiger partial charge is 0.416 e. The van der Waals surface area contributed by atoms with Crippen LogP contribution in [0.3, 0.4) is 0 Å². The first kappa shape index (κ1) is 13.9. The molecule has 0 aromatic heterocycles. The van der Waals surface area contributed by atoms with Gasteiger partial charge in [0.1, 0.15) is 0 Å². The van der Waals surface area contributed by atoms with Crippen molar-refractivity contribution < 1.29 is 13.2 Å². The van der Waals surface area contributed by atoms with Gasteiger partial charge in [-0.05, 0) is 29.7 Å². The zero-order valence-electron chi connectivity index (χ0n) is 11.2. The highest BCUT2D eigenvalue weighted by atomic mass is 19.4. The lowest BCUT2D eigenvalue weighted by atomic mass is 9.88. The molecule has 3 N–H and O–H groups in total. The summed E-state index contributed by atoms with van der Waals surface area (Å²) in [6, 6.07) is 12.4. The van der Waals surface area contributed by atoms with E-state index in [1.807, 2.05) is 24.3 Å². The Morgan fingerprint density at radius 2 is 1.57 bits per heavy atom. The standard InChI is InChI=1S/C16H15F3N2/c17-16(18,19)12-7-3-1-5-10(12)15-9-13(20)11-6-2-4-8-14(11)21-15/h1-8,13,15,21H,9,20H2. The molecule has 2 unspecified atom stereocenters. The summed E-state index contributed by atoms with van der Waals surface area (Å²) in [7, 11) is 0. The van der Waals surface area contributed by atoms with Gasteiger partial charge in [-0.3, -0.25) is 0 Å². The zero-order valence-corrected chi connectivity index (χ0v) is 11.2. The lowest BCUT2D eigenvalue weighted by Gasteiger charge is -2.32. The Bertz CT molecular complexity index is 652. The molecule has 0 aliphatic carbocycles. The summed E-state index contributed by atoms with van der Waals surface area (Å²) in [6.45, 7) is 0. The molecule has 0 fully saturated rings. The van der Waals surface area contributed by atoms with E-state index in [1.54, 1.807) is 6.07 Å². The third-order valence-corrected chi connectivity index (χ3v) is 3.82. The Morgan fingerprint density at radius 1 is 0.952 bits per heavy atom. The second kappa shape index (κ2) is 5.07. The van der Waals surface area contributed by atoms with Gasteiger partial charge in [0.05, 0.1) is 11.6 Å². The van der Waals surface area contributed by atoms with Gasteiger partial charge in [-0.15, -0.1) is 0 Å². The molecule has 1 aliphatic rings. The Morgan fingerprint density at radius 3 is 2.29 bits per heavy atom. The van der Waals surface area contributed by atoms with Gasteiger partial charge in [0.15, 0.2) is 0 Å². The first-order valence-corrected chi connectivity index (χ1v) is 6.74. The average molecular weight is 292 g/mol. The number of fused-ring (bicyclic) bond motifs is 1. The van der Waals surface area contributed by atoms with Crippen molar-refractivity contribution in [3.63, 3.8) is 0 Å². The van der Waals surface area contributed by atoms with Crippen LogP contribution in [0.25, 0.3) is 0 Å². The van der Waals surface area contributed by atoms with Crippen LogP contribution in [0.2, 0.25) is 0 Å². The predicted octanol–water partition coefficient (Wildman–Crippen LogP) is 4.26. The minimum atomic E-state index is -4.36. The molecule has 0 saturated carbocycles. The number of hydrogen-bond donors (Lipinski definition) is 2. The Balaban J connectivity index is 2.01. The van der Waals surface area contributed by atoms with Crippen molar-refractivity contribution in [2.75, 3.05) is 5.32 Å². The van der Waals surface area contributed by atoms with Crippen LogP contribution < -0.4 is 11.1 Å². The van der Waals surface area contributed by atoms with Gasteiger partial charge in [-0.2, -0.15) is 13.2 Å². The van der Waals surface area contributed by atoms with Crippen LogP contribution in [0.15, 0.2) is 48.5 Å². The van der Waals surface area contributed by atoms with Crippen molar-refractivity contribution in [1.29, 1.82) is 0 Å². The number of halogens is 3. The molecule has 2 aromatic rings. The molecule has 0 bridgehead atoms. The van der Waals surface area contributed by atoms with E-state index < -0.39 is 17.8 Å². The van der Waals surface area contributed by atoms with Crippen LogP contribution in [-0.2, 0) is 6.18 Å². The van der Waals surface area contributed by atoms with Crippen molar-refractivity contribution in [3.8, 4) is 0 Å². The highest BCUT2D eigenvalue weighted by Gasteiger charge is 2.36. The molecule has 0 saturated heterocycles. The van der Waals surface area contributed by atoms with E-state index >= 15 is 0 Å². The summed E-state index contributed by atoms with van der Waals surface area (Å²) in [4.78, 5) is 0. The quantitative estimate of drug-likeness (QED) is 0.824. The number of benzene rings is 2. The second-order valence-corrected chi connectivity index (χ2v) is 5.21. The van der Waals surface area contributed by atoms with Gasteiger partial charge < -0.3 is 11.1 Å². The number of nitrogens with one attached hydrogen (secondary N) is 1. The van der Waals surface area contributed by atoms with E-state index in [1.165, 1.54) is 12.1 Å². The lowest BCUT2D eigenvalue weighted by molar-refractivity contribution is -0.138. The number of rotatable bonds is 1. The van der Waals surface area contributed by atoms with Crippen molar-refractivity contribution in [2.45, 2.75) is 24.7 Å². The Kier molecular flexibility index (Phi) is 3.37. The van der Waals surface area contributed by atoms with Gasteiger partial charge in [0, 0.05) is 11.7 Å². The minimum absolute atomic E-state index is 0.245. The maximum absolute atomic E-state index is 13.1. The molecule has 1 heterocycles. The summed E-state index contributed by atoms with van der Waals surface area (Å²) >= 11 is 0.